The van der Waals surface area contributed by atoms with Crippen molar-refractivity contribution >= 4 is 33.4 Å². The van der Waals surface area contributed by atoms with E-state index in [-0.39, 0.29) is 11.8 Å². The largest absolute Gasteiger partial charge is 0.355 e. The molecule has 0 heterocycles. The number of rotatable bonds is 6. The fourth-order valence-electron chi connectivity index (χ4n) is 1.65. The minimum atomic E-state index is 0.193. The highest BCUT2D eigenvalue weighted by atomic mass is 79.9. The Labute approximate surface area is 120 Å². The molecule has 2 N–H and O–H groups in total. The molecule has 18 heavy (non-hydrogen) atoms. The number of nitrogens with one attached hydrogen (secondary N) is 2. The lowest BCUT2D eigenvalue weighted by Gasteiger charge is -2.08. The minimum Gasteiger partial charge on any atom is -0.355 e. The highest BCUT2D eigenvalue weighted by Crippen LogP contribution is 2.28. The van der Waals surface area contributed by atoms with E-state index in [1.807, 2.05) is 18.2 Å². The van der Waals surface area contributed by atoms with E-state index in [1.54, 1.807) is 0 Å². The normalized spacial score (nSPS) is 14.6. The third kappa shape index (κ3) is 4.26. The fourth-order valence-corrected chi connectivity index (χ4v) is 2.39. The predicted molar refractivity (Wildman–Crippen MR) is 76.6 cm³/mol. The van der Waals surface area contributed by atoms with Gasteiger partial charge < -0.3 is 10.6 Å². The van der Waals surface area contributed by atoms with Crippen LogP contribution < -0.4 is 10.6 Å². The molecule has 1 aliphatic rings. The van der Waals surface area contributed by atoms with Gasteiger partial charge in [-0.15, -0.1) is 0 Å². The first-order valence-corrected chi connectivity index (χ1v) is 7.26. The van der Waals surface area contributed by atoms with Gasteiger partial charge in [0.15, 0.2) is 0 Å². The van der Waals surface area contributed by atoms with E-state index in [1.165, 1.54) is 0 Å². The smallest absolute Gasteiger partial charge is 0.223 e. The maximum absolute atomic E-state index is 11.4. The Morgan fingerprint density at radius 1 is 1.39 bits per heavy atom. The summed E-state index contributed by atoms with van der Waals surface area (Å²) in [5.41, 5.74) is 1.06. The SMILES string of the molecule is O=C(NCCNCc1ccc(Br)cc1Cl)C1CC1. The average molecular weight is 332 g/mol. The van der Waals surface area contributed by atoms with E-state index in [4.69, 9.17) is 11.6 Å². The lowest BCUT2D eigenvalue weighted by atomic mass is 10.2. The van der Waals surface area contributed by atoms with Gasteiger partial charge in [-0.3, -0.25) is 4.79 Å². The molecule has 2 rings (SSSR count). The first kappa shape index (κ1) is 13.8. The van der Waals surface area contributed by atoms with Crippen LogP contribution in [0.4, 0.5) is 0 Å². The molecule has 1 fully saturated rings. The van der Waals surface area contributed by atoms with E-state index in [9.17, 15) is 4.79 Å². The molecule has 0 aromatic heterocycles. The summed E-state index contributed by atoms with van der Waals surface area (Å²) < 4.78 is 0.980. The molecular weight excluding hydrogens is 316 g/mol. The molecule has 98 valence electrons. The number of hydrogen-bond donors (Lipinski definition) is 2. The van der Waals surface area contributed by atoms with Crippen molar-refractivity contribution in [1.29, 1.82) is 0 Å². The van der Waals surface area contributed by atoms with Crippen LogP contribution in [0.3, 0.4) is 0 Å². The molecule has 0 spiro atoms. The second kappa shape index (κ2) is 6.55. The van der Waals surface area contributed by atoms with Crippen LogP contribution in [-0.4, -0.2) is 19.0 Å². The Kier molecular flexibility index (Phi) is 5.03. The van der Waals surface area contributed by atoms with Gasteiger partial charge in [-0.25, -0.2) is 0 Å². The van der Waals surface area contributed by atoms with E-state index < -0.39 is 0 Å². The number of carbonyl (C=O) groups excluding carboxylic acids is 1. The molecule has 5 heteroatoms. The Morgan fingerprint density at radius 3 is 2.83 bits per heavy atom. The van der Waals surface area contributed by atoms with Gasteiger partial charge in [-0.1, -0.05) is 33.6 Å². The number of carbonyl (C=O) groups is 1. The molecule has 0 radical (unpaired) electrons. The van der Waals surface area contributed by atoms with Crippen molar-refractivity contribution in [1.82, 2.24) is 10.6 Å². The first-order valence-electron chi connectivity index (χ1n) is 6.09. The van der Waals surface area contributed by atoms with Crippen LogP contribution in [0.2, 0.25) is 5.02 Å². The molecule has 0 unspecified atom stereocenters. The minimum absolute atomic E-state index is 0.193. The number of halogens is 2. The van der Waals surface area contributed by atoms with Gasteiger partial charge >= 0.3 is 0 Å². The molecule has 0 atom stereocenters. The molecular formula is C13H16BrClN2O. The summed E-state index contributed by atoms with van der Waals surface area (Å²) >= 11 is 9.48. The lowest BCUT2D eigenvalue weighted by Crippen LogP contribution is -2.32. The Hall–Kier alpha value is -0.580. The molecule has 3 nitrogen and oxygen atoms in total. The molecule has 1 amide bonds. The number of amides is 1. The zero-order valence-corrected chi connectivity index (χ0v) is 12.4. The molecule has 1 aromatic rings. The van der Waals surface area contributed by atoms with E-state index in [2.05, 4.69) is 26.6 Å². The van der Waals surface area contributed by atoms with Crippen molar-refractivity contribution in [2.75, 3.05) is 13.1 Å². The summed E-state index contributed by atoms with van der Waals surface area (Å²) in [6, 6.07) is 5.84. The van der Waals surface area contributed by atoms with Crippen LogP contribution in [0, 0.1) is 5.92 Å². The second-order valence-electron chi connectivity index (χ2n) is 4.48. The van der Waals surface area contributed by atoms with E-state index >= 15 is 0 Å². The topological polar surface area (TPSA) is 41.1 Å². The van der Waals surface area contributed by atoms with Crippen molar-refractivity contribution in [2.24, 2.45) is 5.92 Å². The molecule has 1 saturated carbocycles. The monoisotopic (exact) mass is 330 g/mol. The van der Waals surface area contributed by atoms with Crippen LogP contribution in [0.25, 0.3) is 0 Å². The van der Waals surface area contributed by atoms with Gasteiger partial charge in [-0.05, 0) is 30.5 Å². The molecule has 1 aliphatic carbocycles. The summed E-state index contributed by atoms with van der Waals surface area (Å²) in [7, 11) is 0. The maximum atomic E-state index is 11.4. The van der Waals surface area contributed by atoms with Gasteiger partial charge in [-0.2, -0.15) is 0 Å². The Bertz CT molecular complexity index is 435. The highest BCUT2D eigenvalue weighted by Gasteiger charge is 2.28. The van der Waals surface area contributed by atoms with Crippen molar-refractivity contribution in [2.45, 2.75) is 19.4 Å². The Balaban J connectivity index is 1.63. The van der Waals surface area contributed by atoms with Crippen LogP contribution in [0.15, 0.2) is 22.7 Å². The second-order valence-corrected chi connectivity index (χ2v) is 5.80. The third-order valence-electron chi connectivity index (χ3n) is 2.88. The van der Waals surface area contributed by atoms with Crippen molar-refractivity contribution in [3.05, 3.63) is 33.3 Å². The lowest BCUT2D eigenvalue weighted by molar-refractivity contribution is -0.122. The van der Waals surface area contributed by atoms with Crippen LogP contribution in [0.5, 0.6) is 0 Å². The zero-order chi connectivity index (χ0) is 13.0. The molecule has 0 bridgehead atoms. The van der Waals surface area contributed by atoms with Gasteiger partial charge in [0.1, 0.15) is 0 Å². The Morgan fingerprint density at radius 2 is 2.17 bits per heavy atom. The molecule has 0 saturated heterocycles. The van der Waals surface area contributed by atoms with Crippen molar-refractivity contribution in [3.8, 4) is 0 Å². The van der Waals surface area contributed by atoms with Crippen LogP contribution >= 0.6 is 27.5 Å². The van der Waals surface area contributed by atoms with Crippen LogP contribution in [0.1, 0.15) is 18.4 Å². The summed E-state index contributed by atoms with van der Waals surface area (Å²) in [6.45, 7) is 2.14. The van der Waals surface area contributed by atoms with E-state index in [0.717, 1.165) is 34.4 Å². The van der Waals surface area contributed by atoms with Gasteiger partial charge in [0.05, 0.1) is 0 Å². The van der Waals surface area contributed by atoms with E-state index in [0.29, 0.717) is 13.1 Å². The zero-order valence-electron chi connectivity index (χ0n) is 10.0. The van der Waals surface area contributed by atoms with Crippen molar-refractivity contribution in [3.63, 3.8) is 0 Å². The van der Waals surface area contributed by atoms with Crippen LogP contribution in [-0.2, 0) is 11.3 Å². The third-order valence-corrected chi connectivity index (χ3v) is 3.72. The summed E-state index contributed by atoms with van der Waals surface area (Å²) in [5, 5.41) is 6.92. The number of benzene rings is 1. The standard InChI is InChI=1S/C13H16BrClN2O/c14-11-4-3-10(12(15)7-11)8-16-5-6-17-13(18)9-1-2-9/h3-4,7,9,16H,1-2,5-6,8H2,(H,17,18). The summed E-state index contributed by atoms with van der Waals surface area (Å²) in [5.74, 6) is 0.476. The van der Waals surface area contributed by atoms with Gasteiger partial charge in [0, 0.05) is 35.0 Å². The molecule has 1 aromatic carbocycles. The fraction of sp³-hybridized carbons (Fsp3) is 0.462. The number of hydrogen-bond acceptors (Lipinski definition) is 2. The highest BCUT2D eigenvalue weighted by molar-refractivity contribution is 9.10. The quantitative estimate of drug-likeness (QED) is 0.787. The van der Waals surface area contributed by atoms with Crippen molar-refractivity contribution < 1.29 is 4.79 Å². The van der Waals surface area contributed by atoms with Gasteiger partial charge in [0.2, 0.25) is 5.91 Å². The maximum Gasteiger partial charge on any atom is 0.223 e. The van der Waals surface area contributed by atoms with Gasteiger partial charge in [0.25, 0.3) is 0 Å². The summed E-state index contributed by atoms with van der Waals surface area (Å²) in [4.78, 5) is 11.4. The summed E-state index contributed by atoms with van der Waals surface area (Å²) in [6.07, 6.45) is 2.10. The predicted octanol–water partition coefficient (Wildman–Crippen LogP) is 2.72. The first-order chi connectivity index (χ1) is 8.66. The average Bonchev–Trinajstić information content (AvgIpc) is 3.15. The molecule has 0 aliphatic heterocycles.